The van der Waals surface area contributed by atoms with E-state index in [0.29, 0.717) is 6.54 Å². The van der Waals surface area contributed by atoms with Crippen LogP contribution in [0.3, 0.4) is 0 Å². The molecule has 134 valence electrons. The molecular formula is C21H23N3OS. The molecule has 5 heteroatoms. The minimum absolute atomic E-state index is 0.0606. The summed E-state index contributed by atoms with van der Waals surface area (Å²) >= 11 is 1.66. The molecule has 0 radical (unpaired) electrons. The third-order valence-corrected chi connectivity index (χ3v) is 5.91. The summed E-state index contributed by atoms with van der Waals surface area (Å²) in [6.45, 7) is 2.60. The van der Waals surface area contributed by atoms with Crippen LogP contribution in [0.2, 0.25) is 0 Å². The number of benzene rings is 2. The Morgan fingerprint density at radius 2 is 1.81 bits per heavy atom. The molecule has 1 fully saturated rings. The first-order valence-electron chi connectivity index (χ1n) is 9.16. The van der Waals surface area contributed by atoms with E-state index in [2.05, 4.69) is 22.0 Å². The molecule has 4 nitrogen and oxygen atoms in total. The second-order valence-electron chi connectivity index (χ2n) is 6.80. The maximum absolute atomic E-state index is 13.1. The largest absolute Gasteiger partial charge is 0.371 e. The summed E-state index contributed by atoms with van der Waals surface area (Å²) in [7, 11) is 1.86. The molecule has 1 amide bonds. The normalized spacial score (nSPS) is 14.6. The molecule has 0 bridgehead atoms. The number of thiazole rings is 1. The Labute approximate surface area is 158 Å². The van der Waals surface area contributed by atoms with Crippen molar-refractivity contribution in [1.29, 1.82) is 0 Å². The number of fused-ring (bicyclic) bond motifs is 1. The smallest absolute Gasteiger partial charge is 0.256 e. The van der Waals surface area contributed by atoms with Gasteiger partial charge in [0, 0.05) is 25.8 Å². The standard InChI is InChI=1S/C21H23N3OS/c1-23(15-20-22-17-10-4-6-12-19(17)26-20)21(25)16-9-3-5-11-18(16)24-13-7-2-8-14-24/h3-6,9-12H,2,7-8,13-15H2,1H3. The molecule has 0 N–H and O–H groups in total. The minimum Gasteiger partial charge on any atom is -0.371 e. The summed E-state index contributed by atoms with van der Waals surface area (Å²) in [6, 6.07) is 16.1. The van der Waals surface area contributed by atoms with Crippen molar-refractivity contribution in [2.75, 3.05) is 25.0 Å². The summed E-state index contributed by atoms with van der Waals surface area (Å²) in [5, 5.41) is 0.970. The highest BCUT2D eigenvalue weighted by atomic mass is 32.1. The molecular weight excluding hydrogens is 342 g/mol. The molecule has 0 unspecified atom stereocenters. The van der Waals surface area contributed by atoms with Crippen molar-refractivity contribution in [2.24, 2.45) is 0 Å². The number of aromatic nitrogens is 1. The molecule has 2 aromatic carbocycles. The fourth-order valence-corrected chi connectivity index (χ4v) is 4.55. The Kier molecular flexibility index (Phi) is 4.89. The zero-order valence-electron chi connectivity index (χ0n) is 15.0. The number of hydrogen-bond donors (Lipinski definition) is 0. The first kappa shape index (κ1) is 17.0. The molecule has 26 heavy (non-hydrogen) atoms. The quantitative estimate of drug-likeness (QED) is 0.680. The SMILES string of the molecule is CN(Cc1nc2ccccc2s1)C(=O)c1ccccc1N1CCCCC1. The summed E-state index contributed by atoms with van der Waals surface area (Å²) < 4.78 is 1.16. The van der Waals surface area contributed by atoms with Crippen molar-refractivity contribution in [3.8, 4) is 0 Å². The lowest BCUT2D eigenvalue weighted by atomic mass is 10.1. The number of rotatable bonds is 4. The number of hydrogen-bond acceptors (Lipinski definition) is 4. The topological polar surface area (TPSA) is 36.4 Å². The van der Waals surface area contributed by atoms with Crippen LogP contribution in [0.4, 0.5) is 5.69 Å². The number of para-hydroxylation sites is 2. The zero-order chi connectivity index (χ0) is 17.9. The van der Waals surface area contributed by atoms with E-state index >= 15 is 0 Å². The van der Waals surface area contributed by atoms with Gasteiger partial charge in [0.15, 0.2) is 0 Å². The highest BCUT2D eigenvalue weighted by molar-refractivity contribution is 7.18. The lowest BCUT2D eigenvalue weighted by Gasteiger charge is -2.31. The van der Waals surface area contributed by atoms with Crippen LogP contribution in [0, 0.1) is 0 Å². The monoisotopic (exact) mass is 365 g/mol. The van der Waals surface area contributed by atoms with Gasteiger partial charge >= 0.3 is 0 Å². The third-order valence-electron chi connectivity index (χ3n) is 4.89. The first-order chi connectivity index (χ1) is 12.7. The third kappa shape index (κ3) is 3.44. The molecule has 0 atom stereocenters. The second kappa shape index (κ2) is 7.46. The Morgan fingerprint density at radius 1 is 1.08 bits per heavy atom. The fraction of sp³-hybridized carbons (Fsp3) is 0.333. The lowest BCUT2D eigenvalue weighted by molar-refractivity contribution is 0.0785. The van der Waals surface area contributed by atoms with E-state index in [4.69, 9.17) is 0 Å². The van der Waals surface area contributed by atoms with Crippen LogP contribution in [0.25, 0.3) is 10.2 Å². The van der Waals surface area contributed by atoms with Crippen molar-refractivity contribution >= 4 is 33.1 Å². The van der Waals surface area contributed by atoms with Gasteiger partial charge in [-0.05, 0) is 43.5 Å². The molecule has 1 aliphatic rings. The average molecular weight is 366 g/mol. The average Bonchev–Trinajstić information content (AvgIpc) is 3.10. The van der Waals surface area contributed by atoms with Gasteiger partial charge in [0.05, 0.1) is 22.3 Å². The maximum atomic E-state index is 13.1. The summed E-state index contributed by atoms with van der Waals surface area (Å²) in [4.78, 5) is 21.9. The van der Waals surface area contributed by atoms with Gasteiger partial charge in [-0.15, -0.1) is 11.3 Å². The molecule has 4 rings (SSSR count). The van der Waals surface area contributed by atoms with Gasteiger partial charge in [0.1, 0.15) is 5.01 Å². The Bertz CT molecular complexity index is 881. The van der Waals surface area contributed by atoms with Crippen LogP contribution >= 0.6 is 11.3 Å². The van der Waals surface area contributed by atoms with E-state index in [0.717, 1.165) is 39.6 Å². The number of amides is 1. The number of carbonyl (C=O) groups excluding carboxylic acids is 1. The van der Waals surface area contributed by atoms with Crippen molar-refractivity contribution in [2.45, 2.75) is 25.8 Å². The van der Waals surface area contributed by atoms with E-state index in [9.17, 15) is 4.79 Å². The van der Waals surface area contributed by atoms with Gasteiger partial charge in [-0.25, -0.2) is 4.98 Å². The van der Waals surface area contributed by atoms with Crippen molar-refractivity contribution < 1.29 is 4.79 Å². The summed E-state index contributed by atoms with van der Waals surface area (Å²) in [6.07, 6.45) is 3.68. The fourth-order valence-electron chi connectivity index (χ4n) is 3.53. The van der Waals surface area contributed by atoms with Crippen LogP contribution < -0.4 is 4.90 Å². The number of anilines is 1. The van der Waals surface area contributed by atoms with Crippen LogP contribution in [-0.4, -0.2) is 35.9 Å². The van der Waals surface area contributed by atoms with Crippen LogP contribution in [-0.2, 0) is 6.54 Å². The van der Waals surface area contributed by atoms with E-state index in [1.807, 2.05) is 43.4 Å². The Balaban J connectivity index is 1.55. The first-order valence-corrected chi connectivity index (χ1v) is 9.98. The molecule has 1 aliphatic heterocycles. The zero-order valence-corrected chi connectivity index (χ0v) is 15.8. The molecule has 3 aromatic rings. The van der Waals surface area contributed by atoms with Crippen molar-refractivity contribution in [1.82, 2.24) is 9.88 Å². The molecule has 0 saturated carbocycles. The molecule has 0 spiro atoms. The number of piperidine rings is 1. The van der Waals surface area contributed by atoms with Crippen LogP contribution in [0.15, 0.2) is 48.5 Å². The van der Waals surface area contributed by atoms with Crippen molar-refractivity contribution in [3.05, 3.63) is 59.1 Å². The predicted octanol–water partition coefficient (Wildman–Crippen LogP) is 4.56. The van der Waals surface area contributed by atoms with Gasteiger partial charge in [0.2, 0.25) is 0 Å². The van der Waals surface area contributed by atoms with E-state index in [1.165, 1.54) is 19.3 Å². The van der Waals surface area contributed by atoms with E-state index in [1.54, 1.807) is 16.2 Å². The second-order valence-corrected chi connectivity index (χ2v) is 7.92. The number of carbonyl (C=O) groups is 1. The Hall–Kier alpha value is -2.40. The van der Waals surface area contributed by atoms with Crippen molar-refractivity contribution in [3.63, 3.8) is 0 Å². The maximum Gasteiger partial charge on any atom is 0.256 e. The van der Waals surface area contributed by atoms with Crippen LogP contribution in [0.5, 0.6) is 0 Å². The highest BCUT2D eigenvalue weighted by Crippen LogP contribution is 2.27. The lowest BCUT2D eigenvalue weighted by Crippen LogP contribution is -2.33. The van der Waals surface area contributed by atoms with Gasteiger partial charge < -0.3 is 9.80 Å². The highest BCUT2D eigenvalue weighted by Gasteiger charge is 2.21. The molecule has 1 saturated heterocycles. The van der Waals surface area contributed by atoms with Gasteiger partial charge in [-0.2, -0.15) is 0 Å². The van der Waals surface area contributed by atoms with E-state index in [-0.39, 0.29) is 5.91 Å². The predicted molar refractivity (Wildman–Crippen MR) is 108 cm³/mol. The van der Waals surface area contributed by atoms with Gasteiger partial charge in [-0.1, -0.05) is 24.3 Å². The number of nitrogens with zero attached hydrogens (tertiary/aromatic N) is 3. The van der Waals surface area contributed by atoms with Crippen LogP contribution in [0.1, 0.15) is 34.6 Å². The minimum atomic E-state index is 0.0606. The van der Waals surface area contributed by atoms with Gasteiger partial charge in [-0.3, -0.25) is 4.79 Å². The summed E-state index contributed by atoms with van der Waals surface area (Å²) in [5.74, 6) is 0.0606. The molecule has 1 aromatic heterocycles. The Morgan fingerprint density at radius 3 is 2.62 bits per heavy atom. The van der Waals surface area contributed by atoms with Gasteiger partial charge in [0.25, 0.3) is 5.91 Å². The van der Waals surface area contributed by atoms with E-state index < -0.39 is 0 Å². The molecule has 2 heterocycles. The summed E-state index contributed by atoms with van der Waals surface area (Å²) in [5.41, 5.74) is 2.86. The molecule has 0 aliphatic carbocycles.